The summed E-state index contributed by atoms with van der Waals surface area (Å²) in [6, 6.07) is 4.01. The van der Waals surface area contributed by atoms with Crippen LogP contribution in [0.15, 0.2) is 18.2 Å². The summed E-state index contributed by atoms with van der Waals surface area (Å²) in [6.45, 7) is 0. The van der Waals surface area contributed by atoms with Crippen molar-refractivity contribution in [2.45, 2.75) is 6.41 Å². The first kappa shape index (κ1) is 6.42. The molecule has 1 unspecified atom stereocenters. The van der Waals surface area contributed by atoms with Crippen LogP contribution in [-0.2, 0) is 0 Å². The predicted molar refractivity (Wildman–Crippen MR) is 36.7 cm³/mol. The van der Waals surface area contributed by atoms with Gasteiger partial charge < -0.3 is 15.2 Å². The normalized spacial score (nSPS) is 20.4. The average Bonchev–Trinajstić information content (AvgIpc) is 2.27. The Morgan fingerprint density at radius 1 is 1.55 bits per heavy atom. The van der Waals surface area contributed by atoms with Crippen LogP contribution in [0.3, 0.4) is 0 Å². The highest BCUT2D eigenvalue weighted by atomic mass is 19.1. The first-order chi connectivity index (χ1) is 5.25. The van der Waals surface area contributed by atoms with Gasteiger partial charge in [0, 0.05) is 6.07 Å². The molecule has 3 nitrogen and oxygen atoms in total. The molecular weight excluding hydrogens is 149 g/mol. The van der Waals surface area contributed by atoms with E-state index in [9.17, 15) is 4.39 Å². The van der Waals surface area contributed by atoms with E-state index < -0.39 is 6.41 Å². The number of aliphatic hydroxyl groups excluding tert-OH is 1. The van der Waals surface area contributed by atoms with Gasteiger partial charge in [-0.05, 0) is 12.1 Å². The number of hydrogen-bond acceptors (Lipinski definition) is 3. The van der Waals surface area contributed by atoms with E-state index in [0.29, 0.717) is 11.4 Å². The van der Waals surface area contributed by atoms with Gasteiger partial charge in [0.1, 0.15) is 11.6 Å². The fraction of sp³-hybridized carbons (Fsp3) is 0.143. The van der Waals surface area contributed by atoms with Gasteiger partial charge in [-0.25, -0.2) is 4.39 Å². The number of hydrogen-bond donors (Lipinski definition) is 2. The van der Waals surface area contributed by atoms with E-state index >= 15 is 0 Å². The Hall–Kier alpha value is -1.29. The second-order valence-electron chi connectivity index (χ2n) is 2.26. The highest BCUT2D eigenvalue weighted by molar-refractivity contribution is 5.59. The zero-order valence-corrected chi connectivity index (χ0v) is 5.54. The summed E-state index contributed by atoms with van der Waals surface area (Å²) in [7, 11) is 0. The second-order valence-corrected chi connectivity index (χ2v) is 2.26. The standard InChI is InChI=1S/C7H6FNO2/c8-4-1-2-6-5(3-4)9-7(10)11-6/h1-3,7,9-10H. The zero-order chi connectivity index (χ0) is 7.84. The van der Waals surface area contributed by atoms with Crippen LogP contribution >= 0.6 is 0 Å². The molecule has 11 heavy (non-hydrogen) atoms. The minimum atomic E-state index is -1.05. The first-order valence-electron chi connectivity index (χ1n) is 3.16. The Labute approximate surface area is 62.4 Å². The lowest BCUT2D eigenvalue weighted by Gasteiger charge is -1.99. The van der Waals surface area contributed by atoms with Crippen LogP contribution < -0.4 is 10.1 Å². The lowest BCUT2D eigenvalue weighted by atomic mass is 10.3. The lowest BCUT2D eigenvalue weighted by Crippen LogP contribution is -2.17. The van der Waals surface area contributed by atoms with Gasteiger partial charge in [-0.15, -0.1) is 0 Å². The zero-order valence-electron chi connectivity index (χ0n) is 5.54. The molecular formula is C7H6FNO2. The quantitative estimate of drug-likeness (QED) is 0.585. The van der Waals surface area contributed by atoms with Crippen LogP contribution in [0.1, 0.15) is 0 Å². The molecule has 1 aromatic rings. The van der Waals surface area contributed by atoms with Crippen LogP contribution in [0, 0.1) is 5.82 Å². The summed E-state index contributed by atoms with van der Waals surface area (Å²) in [5.74, 6) is 0.118. The molecule has 2 rings (SSSR count). The minimum absolute atomic E-state index is 0.353. The number of rotatable bonds is 0. The molecule has 0 fully saturated rings. The van der Waals surface area contributed by atoms with Gasteiger partial charge in [-0.2, -0.15) is 0 Å². The van der Waals surface area contributed by atoms with Crippen molar-refractivity contribution in [3.63, 3.8) is 0 Å². The first-order valence-corrected chi connectivity index (χ1v) is 3.16. The summed E-state index contributed by atoms with van der Waals surface area (Å²) >= 11 is 0. The highest BCUT2D eigenvalue weighted by Crippen LogP contribution is 2.31. The van der Waals surface area contributed by atoms with E-state index in [1.807, 2.05) is 0 Å². The fourth-order valence-corrected chi connectivity index (χ4v) is 1.00. The van der Waals surface area contributed by atoms with E-state index in [2.05, 4.69) is 5.32 Å². The fourth-order valence-electron chi connectivity index (χ4n) is 1.00. The second kappa shape index (κ2) is 2.10. The maximum atomic E-state index is 12.5. The molecule has 0 aromatic heterocycles. The van der Waals surface area contributed by atoms with Crippen molar-refractivity contribution in [3.05, 3.63) is 24.0 Å². The Bertz CT molecular complexity index is 290. The van der Waals surface area contributed by atoms with E-state index in [1.165, 1.54) is 18.2 Å². The van der Waals surface area contributed by atoms with Gasteiger partial charge in [0.25, 0.3) is 6.41 Å². The third-order valence-electron chi connectivity index (χ3n) is 1.46. The lowest BCUT2D eigenvalue weighted by molar-refractivity contribution is 0.0211. The highest BCUT2D eigenvalue weighted by Gasteiger charge is 2.18. The number of halogens is 1. The van der Waals surface area contributed by atoms with Crippen molar-refractivity contribution in [1.82, 2.24) is 0 Å². The molecule has 1 aliphatic heterocycles. The van der Waals surface area contributed by atoms with E-state index in [0.717, 1.165) is 0 Å². The number of anilines is 1. The molecule has 0 saturated carbocycles. The van der Waals surface area contributed by atoms with Crippen LogP contribution in [0.2, 0.25) is 0 Å². The van der Waals surface area contributed by atoms with Gasteiger partial charge in [0.05, 0.1) is 5.69 Å². The number of nitrogens with one attached hydrogen (secondary N) is 1. The summed E-state index contributed by atoms with van der Waals surface area (Å²) in [5, 5.41) is 11.4. The van der Waals surface area contributed by atoms with Crippen LogP contribution in [0.25, 0.3) is 0 Å². The van der Waals surface area contributed by atoms with E-state index in [4.69, 9.17) is 9.84 Å². The summed E-state index contributed by atoms with van der Waals surface area (Å²) < 4.78 is 17.4. The number of fused-ring (bicyclic) bond motifs is 1. The largest absolute Gasteiger partial charge is 0.445 e. The Morgan fingerprint density at radius 3 is 3.18 bits per heavy atom. The smallest absolute Gasteiger partial charge is 0.279 e. The van der Waals surface area contributed by atoms with Gasteiger partial charge in [0.2, 0.25) is 0 Å². The SMILES string of the molecule is OC1Nc2cc(F)ccc2O1. The molecule has 1 aromatic carbocycles. The summed E-state index contributed by atoms with van der Waals surface area (Å²) in [5.41, 5.74) is 0.484. The van der Waals surface area contributed by atoms with Crippen molar-refractivity contribution >= 4 is 5.69 Å². The van der Waals surface area contributed by atoms with Crippen LogP contribution in [-0.4, -0.2) is 11.5 Å². The average molecular weight is 155 g/mol. The van der Waals surface area contributed by atoms with Gasteiger partial charge in [-0.3, -0.25) is 0 Å². The molecule has 4 heteroatoms. The Balaban J connectivity index is 2.43. The third-order valence-corrected chi connectivity index (χ3v) is 1.46. The molecule has 1 heterocycles. The van der Waals surface area contributed by atoms with Gasteiger partial charge >= 0.3 is 0 Å². The maximum Gasteiger partial charge on any atom is 0.279 e. The molecule has 0 spiro atoms. The van der Waals surface area contributed by atoms with Crippen molar-refractivity contribution in [3.8, 4) is 5.75 Å². The number of ether oxygens (including phenoxy) is 1. The van der Waals surface area contributed by atoms with Gasteiger partial charge in [0.15, 0.2) is 0 Å². The molecule has 0 aliphatic carbocycles. The third kappa shape index (κ3) is 1.01. The Morgan fingerprint density at radius 2 is 2.36 bits per heavy atom. The number of aliphatic hydroxyl groups is 1. The predicted octanol–water partition coefficient (Wildman–Crippen LogP) is 0.906. The molecule has 1 atom stereocenters. The van der Waals surface area contributed by atoms with Gasteiger partial charge in [-0.1, -0.05) is 0 Å². The van der Waals surface area contributed by atoms with Crippen molar-refractivity contribution in [2.24, 2.45) is 0 Å². The van der Waals surface area contributed by atoms with E-state index in [-0.39, 0.29) is 5.82 Å². The van der Waals surface area contributed by atoms with Crippen molar-refractivity contribution in [1.29, 1.82) is 0 Å². The topological polar surface area (TPSA) is 41.5 Å². The van der Waals surface area contributed by atoms with Crippen molar-refractivity contribution < 1.29 is 14.2 Å². The van der Waals surface area contributed by atoms with Crippen LogP contribution in [0.5, 0.6) is 5.75 Å². The summed E-state index contributed by atoms with van der Waals surface area (Å²) in [4.78, 5) is 0. The monoisotopic (exact) mass is 155 g/mol. The molecule has 0 bridgehead atoms. The molecule has 1 aliphatic rings. The maximum absolute atomic E-state index is 12.5. The van der Waals surface area contributed by atoms with Crippen LogP contribution in [0.4, 0.5) is 10.1 Å². The minimum Gasteiger partial charge on any atom is -0.445 e. The van der Waals surface area contributed by atoms with Crippen molar-refractivity contribution in [2.75, 3.05) is 5.32 Å². The van der Waals surface area contributed by atoms with E-state index in [1.54, 1.807) is 0 Å². The Kier molecular flexibility index (Phi) is 1.22. The number of benzene rings is 1. The molecule has 0 amide bonds. The molecule has 2 N–H and O–H groups in total. The molecule has 58 valence electrons. The molecule has 0 radical (unpaired) electrons. The molecule has 0 saturated heterocycles. The summed E-state index contributed by atoms with van der Waals surface area (Å²) in [6.07, 6.45) is -1.05.